The second-order valence-corrected chi connectivity index (χ2v) is 6.16. The Bertz CT molecular complexity index is 336. The highest BCUT2D eigenvalue weighted by atomic mass is 79.9. The maximum atomic E-state index is 9.93. The summed E-state index contributed by atoms with van der Waals surface area (Å²) in [6.07, 6.45) is 3.31. The van der Waals surface area contributed by atoms with Crippen LogP contribution in [0.25, 0.3) is 0 Å². The summed E-state index contributed by atoms with van der Waals surface area (Å²) in [7, 11) is 1.68. The standard InChI is InChI=1S/C6H7BrOS.C5H9NO.C2H6/c1-4-5(8-2)3-6(7)9-4;7-5-6-3-1-2-4-6;1-2/h3H,1-2H3;5H,1-4H2;1-2H3. The molecule has 0 unspecified atom stereocenters. The van der Waals surface area contributed by atoms with Gasteiger partial charge in [-0.25, -0.2) is 0 Å². The van der Waals surface area contributed by atoms with Crippen molar-refractivity contribution < 1.29 is 9.53 Å². The lowest BCUT2D eigenvalue weighted by Crippen LogP contribution is -2.15. The van der Waals surface area contributed by atoms with E-state index >= 15 is 0 Å². The molecule has 0 aromatic carbocycles. The number of hydrogen-bond acceptors (Lipinski definition) is 3. The number of aryl methyl sites for hydroxylation is 1. The molecule has 2 heterocycles. The van der Waals surface area contributed by atoms with E-state index in [2.05, 4.69) is 15.9 Å². The first-order valence-electron chi connectivity index (χ1n) is 6.16. The minimum absolute atomic E-state index is 0.924. The second kappa shape index (κ2) is 10.4. The number of carbonyl (C=O) groups is 1. The normalized spacial score (nSPS) is 13.1. The Morgan fingerprint density at radius 1 is 1.39 bits per heavy atom. The Morgan fingerprint density at radius 2 is 1.94 bits per heavy atom. The highest BCUT2D eigenvalue weighted by molar-refractivity contribution is 9.11. The second-order valence-electron chi connectivity index (χ2n) is 3.52. The minimum Gasteiger partial charge on any atom is -0.496 e. The molecule has 0 bridgehead atoms. The molecule has 1 aliphatic heterocycles. The highest BCUT2D eigenvalue weighted by Crippen LogP contribution is 2.31. The third-order valence-corrected chi connectivity index (χ3v) is 3.89. The third-order valence-electron chi connectivity index (χ3n) is 2.35. The van der Waals surface area contributed by atoms with Crippen molar-refractivity contribution in [3.63, 3.8) is 0 Å². The van der Waals surface area contributed by atoms with Crippen LogP contribution in [-0.4, -0.2) is 31.5 Å². The van der Waals surface area contributed by atoms with Crippen LogP contribution in [0.15, 0.2) is 9.85 Å². The Morgan fingerprint density at radius 3 is 2.17 bits per heavy atom. The molecular weight excluding hydrogens is 314 g/mol. The fourth-order valence-corrected chi connectivity index (χ4v) is 3.12. The molecule has 0 aliphatic carbocycles. The van der Waals surface area contributed by atoms with Crippen molar-refractivity contribution in [2.75, 3.05) is 20.2 Å². The number of thiophene rings is 1. The SMILES string of the molecule is CC.COc1cc(Br)sc1C.O=CN1CCCC1. The van der Waals surface area contributed by atoms with Crippen LogP contribution in [0.1, 0.15) is 31.6 Å². The first kappa shape index (κ1) is 17.4. The number of halogens is 1. The number of hydrogen-bond donors (Lipinski definition) is 0. The number of likely N-dealkylation sites (tertiary alicyclic amines) is 1. The number of methoxy groups -OCH3 is 1. The number of nitrogens with zero attached hydrogens (tertiary/aromatic N) is 1. The Hall–Kier alpha value is -0.550. The average Bonchev–Trinajstić information content (AvgIpc) is 3.01. The van der Waals surface area contributed by atoms with E-state index < -0.39 is 0 Å². The van der Waals surface area contributed by atoms with Crippen LogP contribution in [0.2, 0.25) is 0 Å². The highest BCUT2D eigenvalue weighted by Gasteiger charge is 2.06. The molecule has 0 N–H and O–H groups in total. The molecule has 3 nitrogen and oxygen atoms in total. The molecule has 1 aliphatic rings. The van der Waals surface area contributed by atoms with Gasteiger partial charge < -0.3 is 9.64 Å². The van der Waals surface area contributed by atoms with Crippen molar-refractivity contribution in [2.45, 2.75) is 33.6 Å². The van der Waals surface area contributed by atoms with E-state index in [0.29, 0.717) is 0 Å². The minimum atomic E-state index is 0.924. The van der Waals surface area contributed by atoms with Crippen LogP contribution in [0, 0.1) is 6.92 Å². The first-order chi connectivity index (χ1) is 8.67. The predicted octanol–water partition coefficient (Wildman–Crippen LogP) is 4.09. The summed E-state index contributed by atoms with van der Waals surface area (Å²) in [6.45, 7) is 7.99. The van der Waals surface area contributed by atoms with Crippen molar-refractivity contribution in [1.82, 2.24) is 4.90 Å². The van der Waals surface area contributed by atoms with Gasteiger partial charge in [-0.1, -0.05) is 13.8 Å². The van der Waals surface area contributed by atoms with Crippen LogP contribution in [0.3, 0.4) is 0 Å². The van der Waals surface area contributed by atoms with Crippen molar-refractivity contribution in [2.24, 2.45) is 0 Å². The lowest BCUT2D eigenvalue weighted by Gasteiger charge is -2.03. The molecule has 1 fully saturated rings. The molecule has 5 heteroatoms. The lowest BCUT2D eigenvalue weighted by molar-refractivity contribution is -0.117. The molecule has 2 rings (SSSR count). The maximum absolute atomic E-state index is 9.93. The quantitative estimate of drug-likeness (QED) is 0.761. The van der Waals surface area contributed by atoms with Gasteiger partial charge in [0.25, 0.3) is 0 Å². The summed E-state index contributed by atoms with van der Waals surface area (Å²) in [5.41, 5.74) is 0. The Kier molecular flexibility index (Phi) is 10.1. The zero-order valence-corrected chi connectivity index (χ0v) is 13.9. The summed E-state index contributed by atoms with van der Waals surface area (Å²) in [4.78, 5) is 13.0. The zero-order valence-electron chi connectivity index (χ0n) is 11.5. The van der Waals surface area contributed by atoms with E-state index in [1.165, 1.54) is 17.7 Å². The van der Waals surface area contributed by atoms with E-state index in [-0.39, 0.29) is 0 Å². The van der Waals surface area contributed by atoms with Crippen LogP contribution < -0.4 is 4.74 Å². The molecule has 0 atom stereocenters. The van der Waals surface area contributed by atoms with Gasteiger partial charge in [0, 0.05) is 24.0 Å². The molecule has 0 radical (unpaired) electrons. The fourth-order valence-electron chi connectivity index (χ4n) is 1.48. The van der Waals surface area contributed by atoms with E-state index in [1.54, 1.807) is 23.3 Å². The number of ether oxygens (including phenoxy) is 1. The van der Waals surface area contributed by atoms with Gasteiger partial charge >= 0.3 is 0 Å². The van der Waals surface area contributed by atoms with Crippen molar-refractivity contribution in [3.8, 4) is 5.75 Å². The van der Waals surface area contributed by atoms with E-state index in [9.17, 15) is 4.79 Å². The Balaban J connectivity index is 0.000000289. The molecule has 1 aromatic rings. The molecule has 104 valence electrons. The topological polar surface area (TPSA) is 29.5 Å². The molecule has 1 amide bonds. The van der Waals surface area contributed by atoms with Gasteiger partial charge in [0.05, 0.1) is 10.9 Å². The van der Waals surface area contributed by atoms with Gasteiger partial charge in [0.1, 0.15) is 5.75 Å². The summed E-state index contributed by atoms with van der Waals surface area (Å²) >= 11 is 5.05. The van der Waals surface area contributed by atoms with Gasteiger partial charge in [0.15, 0.2) is 0 Å². The van der Waals surface area contributed by atoms with Crippen LogP contribution in [-0.2, 0) is 4.79 Å². The van der Waals surface area contributed by atoms with E-state index in [4.69, 9.17) is 4.74 Å². The smallest absolute Gasteiger partial charge is 0.209 e. The Labute approximate surface area is 122 Å². The van der Waals surface area contributed by atoms with Crippen molar-refractivity contribution in [3.05, 3.63) is 14.7 Å². The van der Waals surface area contributed by atoms with Crippen LogP contribution >= 0.6 is 27.3 Å². The fraction of sp³-hybridized carbons (Fsp3) is 0.615. The maximum Gasteiger partial charge on any atom is 0.209 e. The van der Waals surface area contributed by atoms with Gasteiger partial charge in [-0.05, 0) is 35.7 Å². The lowest BCUT2D eigenvalue weighted by atomic mass is 10.4. The van der Waals surface area contributed by atoms with Gasteiger partial charge in [0.2, 0.25) is 6.41 Å². The number of amides is 1. The van der Waals surface area contributed by atoms with Gasteiger partial charge in [-0.2, -0.15) is 0 Å². The summed E-state index contributed by atoms with van der Waals surface area (Å²) in [5.74, 6) is 0.965. The molecule has 18 heavy (non-hydrogen) atoms. The molecule has 1 aromatic heterocycles. The molecule has 0 spiro atoms. The van der Waals surface area contributed by atoms with Crippen molar-refractivity contribution >= 4 is 33.7 Å². The first-order valence-corrected chi connectivity index (χ1v) is 7.77. The summed E-state index contributed by atoms with van der Waals surface area (Å²) < 4.78 is 6.17. The largest absolute Gasteiger partial charge is 0.496 e. The molecule has 1 saturated heterocycles. The molecule has 0 saturated carbocycles. The van der Waals surface area contributed by atoms with Gasteiger partial charge in [-0.3, -0.25) is 4.79 Å². The number of carbonyl (C=O) groups excluding carboxylic acids is 1. The summed E-state index contributed by atoms with van der Waals surface area (Å²) in [6, 6.07) is 1.97. The number of rotatable bonds is 2. The van der Waals surface area contributed by atoms with E-state index in [1.807, 2.05) is 26.8 Å². The molecular formula is C13H22BrNO2S. The predicted molar refractivity (Wildman–Crippen MR) is 81.5 cm³/mol. The van der Waals surface area contributed by atoms with Crippen LogP contribution in [0.4, 0.5) is 0 Å². The average molecular weight is 336 g/mol. The summed E-state index contributed by atoms with van der Waals surface area (Å²) in [5, 5.41) is 0. The van der Waals surface area contributed by atoms with E-state index in [0.717, 1.165) is 29.0 Å². The third kappa shape index (κ3) is 6.40. The monoisotopic (exact) mass is 335 g/mol. The zero-order chi connectivity index (χ0) is 14.0. The van der Waals surface area contributed by atoms with Crippen LogP contribution in [0.5, 0.6) is 5.75 Å². The van der Waals surface area contributed by atoms with Crippen molar-refractivity contribution in [1.29, 1.82) is 0 Å². The van der Waals surface area contributed by atoms with Gasteiger partial charge in [-0.15, -0.1) is 11.3 Å².